The van der Waals surface area contributed by atoms with E-state index in [2.05, 4.69) is 30.6 Å². The van der Waals surface area contributed by atoms with Crippen molar-refractivity contribution in [2.24, 2.45) is 11.0 Å². The van der Waals surface area contributed by atoms with E-state index in [9.17, 15) is 10.2 Å². The highest BCUT2D eigenvalue weighted by Crippen LogP contribution is 2.45. The van der Waals surface area contributed by atoms with Crippen LogP contribution in [0.5, 0.6) is 0 Å². The third-order valence-electron chi connectivity index (χ3n) is 7.41. The molecule has 12 nitrogen and oxygen atoms in total. The Labute approximate surface area is 224 Å². The smallest absolute Gasteiger partial charge is 0.224 e. The minimum Gasteiger partial charge on any atom is -0.390 e. The molecule has 0 bridgehead atoms. The number of ether oxygens (including phenoxy) is 1. The van der Waals surface area contributed by atoms with Gasteiger partial charge in [0, 0.05) is 31.7 Å². The molecule has 5 rings (SSSR count). The Hall–Kier alpha value is -3.09. The number of aromatic nitrogens is 4. The van der Waals surface area contributed by atoms with Gasteiger partial charge >= 0.3 is 0 Å². The van der Waals surface area contributed by atoms with Gasteiger partial charge in [0.2, 0.25) is 10.9 Å². The molecule has 3 heterocycles. The lowest BCUT2D eigenvalue weighted by atomic mass is 9.85. The predicted octanol–water partition coefficient (Wildman–Crippen LogP) is 3.24. The number of methoxy groups -OCH3 is 1. The molecule has 0 aromatic carbocycles. The molecule has 2 saturated carbocycles. The Balaban J connectivity index is 1.53. The fourth-order valence-electron chi connectivity index (χ4n) is 5.17. The Kier molecular flexibility index (Phi) is 7.38. The maximum absolute atomic E-state index is 11.0. The Morgan fingerprint density at radius 3 is 2.74 bits per heavy atom. The van der Waals surface area contributed by atoms with E-state index in [4.69, 9.17) is 20.2 Å². The second-order valence-electron chi connectivity index (χ2n) is 10.5. The van der Waals surface area contributed by atoms with E-state index >= 15 is 0 Å². The van der Waals surface area contributed by atoms with E-state index in [0.717, 1.165) is 45.0 Å². The molecule has 38 heavy (non-hydrogen) atoms. The van der Waals surface area contributed by atoms with Crippen molar-refractivity contribution >= 4 is 33.3 Å². The molecular formula is C25H34N9O3S+. The number of nitrogens with one attached hydrogen (secondary N) is 3. The molecule has 0 saturated heterocycles. The standard InChI is InChI=1S/C25H34N9O3S/c1-12-17(23-31-19-16(38-23)7-8-27-18(19)13-5-6-13)22(32-24(29-12)28-9-10-37-4)30-15-11-14(20(35)21(15)36)25(2,3)33-34-26/h7-8,13-15,20-21,26,35-36H,5-6,9-11H2,1-4H3,(H2,28,29,30,32)/q+1/t14-,15+,20+,21-/m0/s1. The lowest BCUT2D eigenvalue weighted by Gasteiger charge is -2.24. The lowest BCUT2D eigenvalue weighted by Crippen LogP contribution is -2.39. The summed E-state index contributed by atoms with van der Waals surface area (Å²) in [5.41, 5.74) is 9.79. The zero-order chi connectivity index (χ0) is 27.0. The monoisotopic (exact) mass is 540 g/mol. The van der Waals surface area contributed by atoms with Crippen LogP contribution in [-0.4, -0.2) is 74.2 Å². The maximum Gasteiger partial charge on any atom is 0.224 e. The summed E-state index contributed by atoms with van der Waals surface area (Å²) in [5.74, 6) is 1.02. The fraction of sp³-hybridized carbons (Fsp3) is 0.600. The molecule has 2 aliphatic carbocycles. The Morgan fingerprint density at radius 2 is 2.03 bits per heavy atom. The van der Waals surface area contributed by atoms with Crippen LogP contribution >= 0.6 is 11.3 Å². The van der Waals surface area contributed by atoms with Gasteiger partial charge in [-0.15, -0.1) is 11.3 Å². The van der Waals surface area contributed by atoms with Gasteiger partial charge < -0.3 is 25.6 Å². The van der Waals surface area contributed by atoms with Crippen LogP contribution in [0.3, 0.4) is 0 Å². The first-order valence-corrected chi connectivity index (χ1v) is 13.6. The number of nitrogens with zero attached hydrogens (tertiary/aromatic N) is 6. The Morgan fingerprint density at radius 1 is 1.24 bits per heavy atom. The lowest BCUT2D eigenvalue weighted by molar-refractivity contribution is 0.00215. The summed E-state index contributed by atoms with van der Waals surface area (Å²) >= 11 is 1.56. The first-order chi connectivity index (χ1) is 18.2. The van der Waals surface area contributed by atoms with Crippen LogP contribution in [0.2, 0.25) is 0 Å². The van der Waals surface area contributed by atoms with Gasteiger partial charge in [0.15, 0.2) is 0 Å². The van der Waals surface area contributed by atoms with Crippen molar-refractivity contribution in [3.8, 4) is 10.6 Å². The molecule has 13 heteroatoms. The number of aliphatic hydroxyl groups is 2. The van der Waals surface area contributed by atoms with Crippen molar-refractivity contribution in [3.63, 3.8) is 0 Å². The molecule has 3 aromatic rings. The zero-order valence-electron chi connectivity index (χ0n) is 22.0. The number of aliphatic hydroxyl groups excluding tert-OH is 2. The van der Waals surface area contributed by atoms with Crippen molar-refractivity contribution in [1.29, 1.82) is 5.53 Å². The van der Waals surface area contributed by atoms with E-state index in [1.165, 1.54) is 0 Å². The third-order valence-corrected chi connectivity index (χ3v) is 8.45. The summed E-state index contributed by atoms with van der Waals surface area (Å²) in [6.45, 7) is 6.55. The third kappa shape index (κ3) is 5.12. The largest absolute Gasteiger partial charge is 0.390 e. The normalized spacial score (nSPS) is 23.4. The highest BCUT2D eigenvalue weighted by Gasteiger charge is 2.51. The number of anilines is 2. The summed E-state index contributed by atoms with van der Waals surface area (Å²) in [4.78, 5) is 22.2. The first kappa shape index (κ1) is 26.5. The average Bonchev–Trinajstić information content (AvgIpc) is 3.56. The van der Waals surface area contributed by atoms with Gasteiger partial charge in [-0.2, -0.15) is 4.98 Å². The van der Waals surface area contributed by atoms with Gasteiger partial charge in [-0.1, -0.05) is 0 Å². The van der Waals surface area contributed by atoms with Crippen molar-refractivity contribution in [1.82, 2.24) is 24.8 Å². The van der Waals surface area contributed by atoms with E-state index in [1.807, 2.05) is 19.2 Å². The quantitative estimate of drug-likeness (QED) is 0.147. The predicted molar refractivity (Wildman–Crippen MR) is 144 cm³/mol. The Bertz CT molecular complexity index is 1370. The molecule has 0 amide bonds. The van der Waals surface area contributed by atoms with E-state index in [-0.39, 0.29) is 0 Å². The average molecular weight is 541 g/mol. The summed E-state index contributed by atoms with van der Waals surface area (Å²) in [6.07, 6.45) is 2.43. The molecule has 202 valence electrons. The van der Waals surface area contributed by atoms with Crippen molar-refractivity contribution < 1.29 is 14.9 Å². The van der Waals surface area contributed by atoms with Crippen LogP contribution in [0.4, 0.5) is 11.8 Å². The van der Waals surface area contributed by atoms with Gasteiger partial charge in [0.05, 0.1) is 40.4 Å². The molecule has 2 aliphatic rings. The first-order valence-electron chi connectivity index (χ1n) is 12.8. The van der Waals surface area contributed by atoms with Crippen molar-refractivity contribution in [2.45, 2.75) is 69.7 Å². The second-order valence-corrected chi connectivity index (χ2v) is 11.6. The van der Waals surface area contributed by atoms with Crippen LogP contribution < -0.4 is 15.5 Å². The van der Waals surface area contributed by atoms with E-state index in [0.29, 0.717) is 37.3 Å². The molecule has 2 fully saturated rings. The number of thiazole rings is 1. The number of pyridine rings is 1. The van der Waals surface area contributed by atoms with Crippen LogP contribution in [0.1, 0.15) is 50.4 Å². The van der Waals surface area contributed by atoms with Crippen molar-refractivity contribution in [2.75, 3.05) is 30.9 Å². The van der Waals surface area contributed by atoms with Crippen LogP contribution in [0, 0.1) is 18.4 Å². The van der Waals surface area contributed by atoms with E-state index in [1.54, 1.807) is 32.3 Å². The minimum atomic E-state index is -1.06. The fourth-order valence-corrected chi connectivity index (χ4v) is 6.24. The van der Waals surface area contributed by atoms with Gasteiger partial charge in [-0.3, -0.25) is 4.98 Å². The summed E-state index contributed by atoms with van der Waals surface area (Å²) in [5, 5.41) is 33.2. The molecule has 0 unspecified atom stereocenters. The number of hydrogen-bond acceptors (Lipinski definition) is 12. The second kappa shape index (κ2) is 10.6. The minimum absolute atomic E-state index is 0.399. The SMILES string of the molecule is COCCNc1nc(C)c(-c2nc3c(C4CC4)nccc3s2)c(N[C@@H]2C[C@H](C(C)(C)N=[N+]=N)[C@@H](O)[C@H]2O)n1. The summed E-state index contributed by atoms with van der Waals surface area (Å²) < 4.78 is 6.20. The molecule has 0 radical (unpaired) electrons. The zero-order valence-corrected chi connectivity index (χ0v) is 22.8. The van der Waals surface area contributed by atoms with Gasteiger partial charge in [0.25, 0.3) is 0 Å². The molecule has 5 N–H and O–H groups in total. The summed E-state index contributed by atoms with van der Waals surface area (Å²) in [7, 11) is 1.63. The van der Waals surface area contributed by atoms with Crippen LogP contribution in [-0.2, 0) is 4.74 Å². The van der Waals surface area contributed by atoms with Crippen molar-refractivity contribution in [3.05, 3.63) is 23.7 Å². The van der Waals surface area contributed by atoms with E-state index < -0.39 is 29.7 Å². The highest BCUT2D eigenvalue weighted by atomic mass is 32.1. The number of aryl methyl sites for hydroxylation is 1. The van der Waals surface area contributed by atoms with Gasteiger partial charge in [0.1, 0.15) is 38.6 Å². The molecule has 0 aliphatic heterocycles. The molecule has 4 atom stereocenters. The number of fused-ring (bicyclic) bond motifs is 1. The highest BCUT2D eigenvalue weighted by molar-refractivity contribution is 7.21. The molecule has 0 spiro atoms. The topological polar surface area (TPSA) is 176 Å². The summed E-state index contributed by atoms with van der Waals surface area (Å²) in [6, 6.07) is 1.48. The van der Waals surface area contributed by atoms with Gasteiger partial charge in [-0.25, -0.2) is 9.97 Å². The number of rotatable bonds is 10. The number of hydrogen-bond donors (Lipinski definition) is 5. The molecular weight excluding hydrogens is 506 g/mol. The molecule has 3 aromatic heterocycles. The van der Waals surface area contributed by atoms with Gasteiger partial charge in [-0.05, 0) is 46.1 Å². The van der Waals surface area contributed by atoms with Crippen LogP contribution in [0.15, 0.2) is 17.4 Å². The maximum atomic E-state index is 11.0. The van der Waals surface area contributed by atoms with Crippen LogP contribution in [0.25, 0.3) is 20.8 Å².